The maximum Gasteiger partial charge on any atom is 0.227 e. The molecule has 156 valence electrons. The third-order valence-corrected chi connectivity index (χ3v) is 6.18. The molecule has 1 aliphatic carbocycles. The minimum atomic E-state index is 0.619. The molecule has 2 heterocycles. The summed E-state index contributed by atoms with van der Waals surface area (Å²) in [5.74, 6) is 1.80. The zero-order valence-electron chi connectivity index (χ0n) is 17.5. The van der Waals surface area contributed by atoms with Crippen LogP contribution in [0.25, 0.3) is 17.0 Å². The molecule has 1 aromatic carbocycles. The van der Waals surface area contributed by atoms with Crippen molar-refractivity contribution in [2.45, 2.75) is 59.4 Å². The summed E-state index contributed by atoms with van der Waals surface area (Å²) in [7, 11) is 0. The molecule has 2 aromatic heterocycles. The summed E-state index contributed by atoms with van der Waals surface area (Å²) in [6.45, 7) is 9.63. The van der Waals surface area contributed by atoms with Gasteiger partial charge in [-0.2, -0.15) is 9.61 Å². The molecule has 1 aliphatic rings. The molecule has 0 amide bonds. The molecule has 0 atom stereocenters. The molecule has 0 N–H and O–H groups in total. The number of aryl methyl sites for hydroxylation is 2. The number of hydrogen-bond donors (Lipinski definition) is 0. The van der Waals surface area contributed by atoms with Crippen molar-refractivity contribution in [3.05, 3.63) is 45.3 Å². The van der Waals surface area contributed by atoms with Crippen LogP contribution in [0.3, 0.4) is 0 Å². The van der Waals surface area contributed by atoms with E-state index in [-0.39, 0.29) is 0 Å². The van der Waals surface area contributed by atoms with Crippen LogP contribution in [-0.4, -0.2) is 27.6 Å². The predicted molar refractivity (Wildman–Crippen MR) is 120 cm³/mol. The summed E-state index contributed by atoms with van der Waals surface area (Å²) in [4.78, 5) is 2.55. The van der Waals surface area contributed by atoms with Gasteiger partial charge in [0, 0.05) is 30.1 Å². The molecule has 0 aliphatic heterocycles. The minimum absolute atomic E-state index is 0.619. The molecule has 0 saturated heterocycles. The van der Waals surface area contributed by atoms with Crippen LogP contribution in [0.4, 0.5) is 0 Å². The van der Waals surface area contributed by atoms with E-state index in [1.54, 1.807) is 6.07 Å². The monoisotopic (exact) mass is 433 g/mol. The Morgan fingerprint density at radius 1 is 1.21 bits per heavy atom. The smallest absolute Gasteiger partial charge is 0.227 e. The molecule has 4 rings (SSSR count). The lowest BCUT2D eigenvalue weighted by atomic mass is 10.1. The van der Waals surface area contributed by atoms with Crippen LogP contribution in [-0.2, 0) is 13.0 Å². The maximum absolute atomic E-state index is 6.55. The quantitative estimate of drug-likeness (QED) is 0.372. The second-order valence-corrected chi connectivity index (χ2v) is 9.05. The number of nitrogens with zero attached hydrogens (tertiary/aromatic N) is 3. The normalized spacial score (nSPS) is 14.4. The molecule has 4 nitrogen and oxygen atoms in total. The minimum Gasteiger partial charge on any atom is -0.441 e. The van der Waals surface area contributed by atoms with Crippen LogP contribution in [0.5, 0.6) is 0 Å². The first-order valence-electron chi connectivity index (χ1n) is 10.7. The molecule has 29 heavy (non-hydrogen) atoms. The van der Waals surface area contributed by atoms with Gasteiger partial charge in [-0.3, -0.25) is 4.90 Å². The predicted octanol–water partition coefficient (Wildman–Crippen LogP) is 6.78. The molecule has 1 fully saturated rings. The average molecular weight is 434 g/mol. The van der Waals surface area contributed by atoms with Gasteiger partial charge in [-0.05, 0) is 63.3 Å². The first-order chi connectivity index (χ1) is 14.0. The fourth-order valence-corrected chi connectivity index (χ4v) is 4.54. The highest BCUT2D eigenvalue weighted by molar-refractivity contribution is 6.36. The molecule has 1 saturated carbocycles. The summed E-state index contributed by atoms with van der Waals surface area (Å²) in [6, 6.07) is 5.61. The van der Waals surface area contributed by atoms with Crippen LogP contribution < -0.4 is 0 Å². The van der Waals surface area contributed by atoms with Crippen molar-refractivity contribution in [1.82, 2.24) is 14.5 Å². The molecule has 0 unspecified atom stereocenters. The first-order valence-corrected chi connectivity index (χ1v) is 11.4. The van der Waals surface area contributed by atoms with E-state index in [0.29, 0.717) is 10.0 Å². The molecular formula is C23H29Cl2N3O. The number of fused-ring (bicyclic) bond motifs is 1. The molecular weight excluding hydrogens is 405 g/mol. The third-order valence-electron chi connectivity index (χ3n) is 5.63. The third kappa shape index (κ3) is 4.35. The van der Waals surface area contributed by atoms with E-state index in [1.165, 1.54) is 24.9 Å². The van der Waals surface area contributed by atoms with E-state index in [0.717, 1.165) is 66.7 Å². The van der Waals surface area contributed by atoms with E-state index >= 15 is 0 Å². The van der Waals surface area contributed by atoms with Gasteiger partial charge in [0.05, 0.1) is 16.3 Å². The summed E-state index contributed by atoms with van der Waals surface area (Å²) in [5, 5.41) is 6.12. The molecule has 0 spiro atoms. The van der Waals surface area contributed by atoms with E-state index in [2.05, 4.69) is 25.7 Å². The highest BCUT2D eigenvalue weighted by Crippen LogP contribution is 2.37. The van der Waals surface area contributed by atoms with Crippen LogP contribution in [0, 0.1) is 12.8 Å². The Bertz CT molecular complexity index is 1000. The lowest BCUT2D eigenvalue weighted by Gasteiger charge is -2.20. The Morgan fingerprint density at radius 2 is 2.00 bits per heavy atom. The molecule has 6 heteroatoms. The fourth-order valence-electron chi connectivity index (χ4n) is 4.04. The Balaban J connectivity index is 1.78. The number of oxazole rings is 1. The van der Waals surface area contributed by atoms with Gasteiger partial charge in [0.25, 0.3) is 0 Å². The van der Waals surface area contributed by atoms with Crippen molar-refractivity contribution in [2.75, 3.05) is 13.1 Å². The Morgan fingerprint density at radius 3 is 2.66 bits per heavy atom. The zero-order valence-corrected chi connectivity index (χ0v) is 19.0. The number of aromatic nitrogens is 2. The fraction of sp³-hybridized carbons (Fsp3) is 0.522. The van der Waals surface area contributed by atoms with Crippen LogP contribution in [0.1, 0.15) is 56.5 Å². The molecule has 0 radical (unpaired) electrons. The van der Waals surface area contributed by atoms with Gasteiger partial charge in [-0.15, -0.1) is 0 Å². The van der Waals surface area contributed by atoms with Gasteiger partial charge in [0.2, 0.25) is 5.71 Å². The van der Waals surface area contributed by atoms with Crippen molar-refractivity contribution in [2.24, 2.45) is 5.92 Å². The highest BCUT2D eigenvalue weighted by atomic mass is 35.5. The van der Waals surface area contributed by atoms with E-state index in [1.807, 2.05) is 16.6 Å². The number of hydrogen-bond acceptors (Lipinski definition) is 3. The van der Waals surface area contributed by atoms with E-state index in [4.69, 9.17) is 32.7 Å². The number of benzene rings is 1. The van der Waals surface area contributed by atoms with E-state index in [9.17, 15) is 0 Å². The average Bonchev–Trinajstić information content (AvgIpc) is 3.36. The van der Waals surface area contributed by atoms with Gasteiger partial charge in [-0.1, -0.05) is 37.0 Å². The SMILES string of the molecule is CCCc1oc2c(CN(CCC)CC3CC3)c(C)nn2c1-c1ccc(Cl)cc1Cl. The van der Waals surface area contributed by atoms with E-state index < -0.39 is 0 Å². The van der Waals surface area contributed by atoms with Crippen molar-refractivity contribution in [1.29, 1.82) is 0 Å². The Kier molecular flexibility index (Phi) is 6.24. The highest BCUT2D eigenvalue weighted by Gasteiger charge is 2.27. The van der Waals surface area contributed by atoms with Gasteiger partial charge >= 0.3 is 0 Å². The van der Waals surface area contributed by atoms with Crippen LogP contribution >= 0.6 is 23.2 Å². The molecule has 0 bridgehead atoms. The van der Waals surface area contributed by atoms with Gasteiger partial charge in [-0.25, -0.2) is 0 Å². The van der Waals surface area contributed by atoms with Crippen LogP contribution in [0.15, 0.2) is 22.6 Å². The molecule has 3 aromatic rings. The first kappa shape index (κ1) is 20.8. The largest absolute Gasteiger partial charge is 0.441 e. The van der Waals surface area contributed by atoms with Crippen molar-refractivity contribution >= 4 is 28.9 Å². The zero-order chi connectivity index (χ0) is 20.5. The van der Waals surface area contributed by atoms with Crippen molar-refractivity contribution in [3.8, 4) is 11.3 Å². The summed E-state index contributed by atoms with van der Waals surface area (Å²) in [5.41, 5.74) is 4.92. The van der Waals surface area contributed by atoms with Crippen molar-refractivity contribution in [3.63, 3.8) is 0 Å². The number of halogens is 2. The van der Waals surface area contributed by atoms with Gasteiger partial charge < -0.3 is 4.42 Å². The Labute approximate surface area is 182 Å². The summed E-state index contributed by atoms with van der Waals surface area (Å²) >= 11 is 12.7. The lowest BCUT2D eigenvalue weighted by Crippen LogP contribution is -2.26. The van der Waals surface area contributed by atoms with Crippen LogP contribution in [0.2, 0.25) is 10.0 Å². The maximum atomic E-state index is 6.55. The summed E-state index contributed by atoms with van der Waals surface area (Å²) < 4.78 is 8.36. The standard InChI is InChI=1S/C23H29Cl2N3O/c1-4-6-21-22(18-10-9-17(24)12-20(18)25)28-23(29-21)19(15(3)26-28)14-27(11-5-2)13-16-7-8-16/h9-10,12,16H,4-8,11,13-14H2,1-3H3. The second-order valence-electron chi connectivity index (χ2n) is 8.21. The lowest BCUT2D eigenvalue weighted by molar-refractivity contribution is 0.254. The number of rotatable bonds is 9. The summed E-state index contributed by atoms with van der Waals surface area (Å²) in [6.07, 6.45) is 5.72. The topological polar surface area (TPSA) is 33.7 Å². The second kappa shape index (κ2) is 8.71. The van der Waals surface area contributed by atoms with Gasteiger partial charge in [0.15, 0.2) is 0 Å². The Hall–Kier alpha value is -1.49. The van der Waals surface area contributed by atoms with Gasteiger partial charge in [0.1, 0.15) is 11.5 Å². The van der Waals surface area contributed by atoms with Crippen molar-refractivity contribution < 1.29 is 4.42 Å².